The van der Waals surface area contributed by atoms with Crippen LogP contribution in [0.25, 0.3) is 0 Å². The second-order valence-electron chi connectivity index (χ2n) is 7.76. The SMILES string of the molecule is N[C@H](C1CCN(C(=O)CC2CNC2)CC1)C1CC(Cl)C(Cl)CC1O. The van der Waals surface area contributed by atoms with Crippen molar-refractivity contribution in [1.82, 2.24) is 10.2 Å². The topological polar surface area (TPSA) is 78.6 Å². The van der Waals surface area contributed by atoms with E-state index in [4.69, 9.17) is 28.9 Å². The number of nitrogens with one attached hydrogen (secondary N) is 1. The number of alkyl halides is 2. The molecule has 24 heavy (non-hydrogen) atoms. The van der Waals surface area contributed by atoms with Crippen LogP contribution < -0.4 is 11.1 Å². The molecule has 1 saturated carbocycles. The zero-order chi connectivity index (χ0) is 17.3. The molecule has 4 unspecified atom stereocenters. The number of carbonyl (C=O) groups excluding carboxylic acids is 1. The van der Waals surface area contributed by atoms with E-state index in [1.165, 1.54) is 0 Å². The van der Waals surface area contributed by atoms with Gasteiger partial charge in [0, 0.05) is 31.5 Å². The van der Waals surface area contributed by atoms with E-state index < -0.39 is 6.10 Å². The average Bonchev–Trinajstić information content (AvgIpc) is 2.53. The van der Waals surface area contributed by atoms with Crippen molar-refractivity contribution < 1.29 is 9.90 Å². The van der Waals surface area contributed by atoms with Crippen molar-refractivity contribution in [3.05, 3.63) is 0 Å². The number of nitrogens with zero attached hydrogens (tertiary/aromatic N) is 1. The molecule has 7 heteroatoms. The Labute approximate surface area is 154 Å². The summed E-state index contributed by atoms with van der Waals surface area (Å²) in [5, 5.41) is 13.2. The highest BCUT2D eigenvalue weighted by Crippen LogP contribution is 2.37. The van der Waals surface area contributed by atoms with Crippen molar-refractivity contribution in [3.63, 3.8) is 0 Å². The number of amides is 1. The number of likely N-dealkylation sites (tertiary alicyclic amines) is 1. The van der Waals surface area contributed by atoms with Gasteiger partial charge in [0.25, 0.3) is 0 Å². The largest absolute Gasteiger partial charge is 0.393 e. The molecule has 0 aromatic heterocycles. The van der Waals surface area contributed by atoms with Gasteiger partial charge in [0.2, 0.25) is 5.91 Å². The Bertz CT molecular complexity index is 442. The average molecular weight is 378 g/mol. The molecule has 0 spiro atoms. The third kappa shape index (κ3) is 4.18. The van der Waals surface area contributed by atoms with Crippen LogP contribution in [0.5, 0.6) is 0 Å². The lowest BCUT2D eigenvalue weighted by Crippen LogP contribution is -2.52. The Morgan fingerprint density at radius 1 is 1.21 bits per heavy atom. The van der Waals surface area contributed by atoms with Gasteiger partial charge in [-0.05, 0) is 50.6 Å². The van der Waals surface area contributed by atoms with Gasteiger partial charge in [0.05, 0.1) is 16.9 Å². The molecular weight excluding hydrogens is 349 g/mol. The first-order valence-electron chi connectivity index (χ1n) is 9.16. The van der Waals surface area contributed by atoms with Crippen LogP contribution in [0.1, 0.15) is 32.1 Å². The number of piperidine rings is 1. The summed E-state index contributed by atoms with van der Waals surface area (Å²) >= 11 is 12.4. The second-order valence-corrected chi connectivity index (χ2v) is 8.88. The van der Waals surface area contributed by atoms with Crippen LogP contribution in [0.15, 0.2) is 0 Å². The molecule has 0 radical (unpaired) electrons. The standard InChI is InChI=1S/C17H29Cl2N3O2/c18-13-6-12(15(23)7-14(13)19)17(20)11-1-3-22(4-2-11)16(24)5-10-8-21-9-10/h10-15,17,21,23H,1-9,20H2/t12?,13?,14?,15?,17-/m1/s1. The third-order valence-electron chi connectivity index (χ3n) is 6.11. The monoisotopic (exact) mass is 377 g/mol. The number of hydrogen-bond donors (Lipinski definition) is 3. The molecule has 3 aliphatic rings. The number of hydrogen-bond acceptors (Lipinski definition) is 4. The summed E-state index contributed by atoms with van der Waals surface area (Å²) < 4.78 is 0. The molecule has 5 nitrogen and oxygen atoms in total. The smallest absolute Gasteiger partial charge is 0.222 e. The maximum Gasteiger partial charge on any atom is 0.222 e. The molecule has 3 rings (SSSR count). The van der Waals surface area contributed by atoms with Crippen molar-refractivity contribution in [3.8, 4) is 0 Å². The van der Waals surface area contributed by atoms with Crippen molar-refractivity contribution in [2.75, 3.05) is 26.2 Å². The van der Waals surface area contributed by atoms with Crippen LogP contribution in [0.2, 0.25) is 0 Å². The van der Waals surface area contributed by atoms with Crippen LogP contribution in [-0.2, 0) is 4.79 Å². The van der Waals surface area contributed by atoms with Gasteiger partial charge in [-0.15, -0.1) is 23.2 Å². The van der Waals surface area contributed by atoms with Gasteiger partial charge in [0.1, 0.15) is 0 Å². The highest BCUT2D eigenvalue weighted by Gasteiger charge is 2.40. The second kappa shape index (κ2) is 8.09. The number of halogens is 2. The Balaban J connectivity index is 1.47. The Morgan fingerprint density at radius 3 is 2.42 bits per heavy atom. The fourth-order valence-corrected chi connectivity index (χ4v) is 4.88. The first-order valence-corrected chi connectivity index (χ1v) is 10.0. The summed E-state index contributed by atoms with van der Waals surface area (Å²) in [6.07, 6.45) is 3.21. The molecule has 0 aromatic rings. The number of nitrogens with two attached hydrogens (primary N) is 1. The van der Waals surface area contributed by atoms with E-state index >= 15 is 0 Å². The summed E-state index contributed by atoms with van der Waals surface area (Å²) in [6.45, 7) is 3.49. The zero-order valence-electron chi connectivity index (χ0n) is 14.0. The van der Waals surface area contributed by atoms with E-state index in [1.807, 2.05) is 4.90 Å². The normalized spacial score (nSPS) is 37.1. The van der Waals surface area contributed by atoms with E-state index in [-0.39, 0.29) is 28.6 Å². The van der Waals surface area contributed by atoms with Crippen LogP contribution in [0.4, 0.5) is 0 Å². The number of rotatable bonds is 4. The maximum absolute atomic E-state index is 12.3. The van der Waals surface area contributed by atoms with Gasteiger partial charge in [-0.3, -0.25) is 4.79 Å². The molecule has 4 N–H and O–H groups in total. The fraction of sp³-hybridized carbons (Fsp3) is 0.941. The highest BCUT2D eigenvalue weighted by molar-refractivity contribution is 6.30. The number of aliphatic hydroxyl groups is 1. The predicted molar refractivity (Wildman–Crippen MR) is 96.3 cm³/mol. The fourth-order valence-electron chi connectivity index (χ4n) is 4.28. The van der Waals surface area contributed by atoms with Gasteiger partial charge in [-0.2, -0.15) is 0 Å². The minimum atomic E-state index is -0.469. The summed E-state index contributed by atoms with van der Waals surface area (Å²) in [6, 6.07) is -0.0708. The maximum atomic E-state index is 12.3. The predicted octanol–water partition coefficient (Wildman–Crippen LogP) is 1.15. The van der Waals surface area contributed by atoms with Gasteiger partial charge in [-0.25, -0.2) is 0 Å². The first kappa shape index (κ1) is 18.7. The molecule has 1 amide bonds. The molecular formula is C17H29Cl2N3O2. The molecule has 0 bridgehead atoms. The van der Waals surface area contributed by atoms with Crippen molar-refractivity contribution in [2.24, 2.45) is 23.5 Å². The van der Waals surface area contributed by atoms with E-state index in [1.54, 1.807) is 0 Å². The van der Waals surface area contributed by atoms with Crippen molar-refractivity contribution >= 4 is 29.1 Å². The van der Waals surface area contributed by atoms with E-state index in [0.717, 1.165) is 39.0 Å². The summed E-state index contributed by atoms with van der Waals surface area (Å²) in [4.78, 5) is 14.3. The molecule has 2 saturated heterocycles. The van der Waals surface area contributed by atoms with E-state index in [2.05, 4.69) is 5.32 Å². The van der Waals surface area contributed by atoms with Crippen LogP contribution in [-0.4, -0.2) is 65.0 Å². The molecule has 2 heterocycles. The first-order chi connectivity index (χ1) is 11.5. The quantitative estimate of drug-likeness (QED) is 0.642. The molecule has 2 aliphatic heterocycles. The number of aliphatic hydroxyl groups excluding tert-OH is 1. The minimum Gasteiger partial charge on any atom is -0.393 e. The van der Waals surface area contributed by atoms with Crippen LogP contribution >= 0.6 is 23.2 Å². The van der Waals surface area contributed by atoms with Gasteiger partial charge in [-0.1, -0.05) is 0 Å². The molecule has 138 valence electrons. The lowest BCUT2D eigenvalue weighted by molar-refractivity contribution is -0.134. The summed E-state index contributed by atoms with van der Waals surface area (Å²) in [5.41, 5.74) is 6.48. The van der Waals surface area contributed by atoms with Crippen LogP contribution in [0.3, 0.4) is 0 Å². The molecule has 1 aliphatic carbocycles. The van der Waals surface area contributed by atoms with E-state index in [0.29, 0.717) is 31.1 Å². The van der Waals surface area contributed by atoms with Gasteiger partial charge in [0.15, 0.2) is 0 Å². The Kier molecular flexibility index (Phi) is 6.30. The lowest BCUT2D eigenvalue weighted by atomic mass is 9.74. The van der Waals surface area contributed by atoms with Gasteiger partial charge >= 0.3 is 0 Å². The van der Waals surface area contributed by atoms with Crippen molar-refractivity contribution in [1.29, 1.82) is 0 Å². The molecule has 5 atom stereocenters. The van der Waals surface area contributed by atoms with Crippen LogP contribution in [0, 0.1) is 17.8 Å². The Hall–Kier alpha value is -0.0700. The third-order valence-corrected chi connectivity index (χ3v) is 7.20. The van der Waals surface area contributed by atoms with Gasteiger partial charge < -0.3 is 21.1 Å². The Morgan fingerprint density at radius 2 is 1.83 bits per heavy atom. The molecule has 3 fully saturated rings. The van der Waals surface area contributed by atoms with Crippen molar-refractivity contribution in [2.45, 2.75) is 55.0 Å². The van der Waals surface area contributed by atoms with E-state index in [9.17, 15) is 9.90 Å². The zero-order valence-corrected chi connectivity index (χ0v) is 15.6. The molecule has 0 aromatic carbocycles. The highest BCUT2D eigenvalue weighted by atomic mass is 35.5. The lowest BCUT2D eigenvalue weighted by Gasteiger charge is -2.42. The summed E-state index contributed by atoms with van der Waals surface area (Å²) in [7, 11) is 0. The number of carbonyl (C=O) groups is 1. The summed E-state index contributed by atoms with van der Waals surface area (Å²) in [5.74, 6) is 1.14. The minimum absolute atomic E-state index is 0.0100.